The Kier molecular flexibility index (Phi) is 3.25. The molecular weight excluding hydrogens is 342 g/mol. The van der Waals surface area contributed by atoms with Gasteiger partial charge in [-0.2, -0.15) is 0 Å². The van der Waals surface area contributed by atoms with E-state index in [1.165, 1.54) is 27.5 Å². The van der Waals surface area contributed by atoms with Crippen molar-refractivity contribution in [3.63, 3.8) is 0 Å². The summed E-state index contributed by atoms with van der Waals surface area (Å²) in [5, 5.41) is 6.01. The Balaban J connectivity index is 1.34. The van der Waals surface area contributed by atoms with Gasteiger partial charge in [0, 0.05) is 6.04 Å². The van der Waals surface area contributed by atoms with Crippen molar-refractivity contribution in [1.82, 2.24) is 5.32 Å². The van der Waals surface area contributed by atoms with Gasteiger partial charge < -0.3 is 24.3 Å². The van der Waals surface area contributed by atoms with Crippen LogP contribution in [0.3, 0.4) is 0 Å². The van der Waals surface area contributed by atoms with E-state index < -0.39 is 0 Å². The van der Waals surface area contributed by atoms with Crippen LogP contribution >= 0.6 is 0 Å². The van der Waals surface area contributed by atoms with Crippen molar-refractivity contribution in [1.29, 1.82) is 0 Å². The van der Waals surface area contributed by atoms with E-state index in [0.717, 1.165) is 42.4 Å². The van der Waals surface area contributed by atoms with E-state index in [0.29, 0.717) is 13.6 Å². The molecule has 0 aliphatic carbocycles. The minimum Gasteiger partial charge on any atom is -0.454 e. The van der Waals surface area contributed by atoms with Crippen molar-refractivity contribution in [2.45, 2.75) is 18.9 Å². The first-order chi connectivity index (χ1) is 13.3. The Bertz CT molecular complexity index is 1060. The molecule has 5 heteroatoms. The third-order valence-electron chi connectivity index (χ3n) is 5.63. The van der Waals surface area contributed by atoms with Crippen LogP contribution in [0.4, 0.5) is 0 Å². The number of hydrogen-bond donors (Lipinski definition) is 1. The number of benzene rings is 3. The number of ether oxygens (including phenoxy) is 4. The Hall–Kier alpha value is -2.92. The minimum atomic E-state index is 0.273. The minimum absolute atomic E-state index is 0.273. The molecule has 3 heterocycles. The van der Waals surface area contributed by atoms with Gasteiger partial charge in [-0.05, 0) is 71.1 Å². The van der Waals surface area contributed by atoms with Gasteiger partial charge in [-0.1, -0.05) is 18.2 Å². The second-order valence-corrected chi connectivity index (χ2v) is 7.25. The van der Waals surface area contributed by atoms with Crippen LogP contribution in [-0.4, -0.2) is 20.1 Å². The molecule has 5 nitrogen and oxygen atoms in total. The lowest BCUT2D eigenvalue weighted by Crippen LogP contribution is -2.31. The maximum Gasteiger partial charge on any atom is 0.231 e. The molecule has 0 radical (unpaired) electrons. The van der Waals surface area contributed by atoms with E-state index in [1.807, 2.05) is 0 Å². The summed E-state index contributed by atoms with van der Waals surface area (Å²) < 4.78 is 22.1. The lowest BCUT2D eigenvalue weighted by Gasteiger charge is -2.27. The molecule has 0 aromatic heterocycles. The zero-order valence-corrected chi connectivity index (χ0v) is 14.8. The van der Waals surface area contributed by atoms with Gasteiger partial charge in [-0.3, -0.25) is 0 Å². The highest BCUT2D eigenvalue weighted by molar-refractivity contribution is 5.87. The number of hydrogen-bond acceptors (Lipinski definition) is 5. The number of rotatable bonds is 2. The average Bonchev–Trinajstić information content (AvgIpc) is 3.33. The average molecular weight is 361 g/mol. The Morgan fingerprint density at radius 3 is 2.30 bits per heavy atom. The topological polar surface area (TPSA) is 49.0 Å². The van der Waals surface area contributed by atoms with Crippen molar-refractivity contribution in [3.8, 4) is 23.0 Å². The van der Waals surface area contributed by atoms with Crippen molar-refractivity contribution < 1.29 is 18.9 Å². The summed E-state index contributed by atoms with van der Waals surface area (Å²) in [5.41, 5.74) is 3.97. The van der Waals surface area contributed by atoms with E-state index >= 15 is 0 Å². The summed E-state index contributed by atoms with van der Waals surface area (Å²) in [4.78, 5) is 0. The van der Waals surface area contributed by atoms with Gasteiger partial charge in [0.1, 0.15) is 0 Å². The maximum atomic E-state index is 5.59. The second-order valence-electron chi connectivity index (χ2n) is 7.25. The monoisotopic (exact) mass is 361 g/mol. The van der Waals surface area contributed by atoms with Crippen LogP contribution < -0.4 is 24.3 Å². The highest BCUT2D eigenvalue weighted by Gasteiger charge is 2.25. The van der Waals surface area contributed by atoms with E-state index in [1.54, 1.807) is 0 Å². The third-order valence-corrected chi connectivity index (χ3v) is 5.63. The van der Waals surface area contributed by atoms with Crippen LogP contribution in [0.25, 0.3) is 10.8 Å². The van der Waals surface area contributed by atoms with Crippen molar-refractivity contribution in [3.05, 3.63) is 59.2 Å². The lowest BCUT2D eigenvalue weighted by molar-refractivity contribution is 0.173. The molecule has 0 amide bonds. The second kappa shape index (κ2) is 5.79. The first kappa shape index (κ1) is 15.2. The summed E-state index contributed by atoms with van der Waals surface area (Å²) in [6.07, 6.45) is 1.95. The zero-order valence-electron chi connectivity index (χ0n) is 14.8. The van der Waals surface area contributed by atoms with Gasteiger partial charge >= 0.3 is 0 Å². The fraction of sp³-hybridized carbons (Fsp3) is 0.273. The van der Waals surface area contributed by atoms with Gasteiger partial charge in [0.05, 0.1) is 0 Å². The molecule has 136 valence electrons. The number of nitrogens with one attached hydrogen (secondary N) is 1. The van der Waals surface area contributed by atoms with Crippen LogP contribution in [0.2, 0.25) is 0 Å². The summed E-state index contributed by atoms with van der Waals surface area (Å²) >= 11 is 0. The molecule has 6 rings (SSSR count). The maximum absolute atomic E-state index is 5.59. The Labute approximate surface area is 156 Å². The van der Waals surface area contributed by atoms with Crippen LogP contribution in [0.5, 0.6) is 23.0 Å². The van der Waals surface area contributed by atoms with Gasteiger partial charge in [-0.25, -0.2) is 0 Å². The van der Waals surface area contributed by atoms with Crippen molar-refractivity contribution in [2.75, 3.05) is 20.1 Å². The molecule has 1 N–H and O–H groups in total. The van der Waals surface area contributed by atoms with Gasteiger partial charge in [0.15, 0.2) is 23.0 Å². The van der Waals surface area contributed by atoms with Crippen LogP contribution in [-0.2, 0) is 12.8 Å². The van der Waals surface area contributed by atoms with Crippen molar-refractivity contribution in [2.24, 2.45) is 0 Å². The normalized spacial score (nSPS) is 19.3. The first-order valence-electron chi connectivity index (χ1n) is 9.31. The predicted molar refractivity (Wildman–Crippen MR) is 101 cm³/mol. The molecule has 3 aromatic carbocycles. The first-order valence-corrected chi connectivity index (χ1v) is 9.31. The third kappa shape index (κ3) is 2.50. The predicted octanol–water partition coefficient (Wildman–Crippen LogP) is 3.73. The summed E-state index contributed by atoms with van der Waals surface area (Å²) in [5.74, 6) is 3.38. The molecule has 3 aliphatic heterocycles. The fourth-order valence-electron chi connectivity index (χ4n) is 4.26. The van der Waals surface area contributed by atoms with E-state index in [-0.39, 0.29) is 6.04 Å². The smallest absolute Gasteiger partial charge is 0.231 e. The molecule has 3 aromatic rings. The van der Waals surface area contributed by atoms with E-state index in [9.17, 15) is 0 Å². The quantitative estimate of drug-likeness (QED) is 0.754. The highest BCUT2D eigenvalue weighted by atomic mass is 16.7. The molecule has 1 atom stereocenters. The molecule has 27 heavy (non-hydrogen) atoms. The molecule has 0 saturated carbocycles. The van der Waals surface area contributed by atoms with Crippen LogP contribution in [0.1, 0.15) is 22.7 Å². The largest absolute Gasteiger partial charge is 0.454 e. The SMILES string of the molecule is c1cc2cc3c(cc2cc1CC1NCCc2cc4c(cc21)OCO4)OCO3. The Morgan fingerprint density at radius 2 is 1.48 bits per heavy atom. The van der Waals surface area contributed by atoms with Gasteiger partial charge in [-0.15, -0.1) is 0 Å². The van der Waals surface area contributed by atoms with Gasteiger partial charge in [0.2, 0.25) is 13.6 Å². The highest BCUT2D eigenvalue weighted by Crippen LogP contribution is 2.40. The lowest BCUT2D eigenvalue weighted by atomic mass is 9.89. The Morgan fingerprint density at radius 1 is 0.778 bits per heavy atom. The van der Waals surface area contributed by atoms with Gasteiger partial charge in [0.25, 0.3) is 0 Å². The summed E-state index contributed by atoms with van der Waals surface area (Å²) in [6.45, 7) is 1.60. The molecule has 3 aliphatic rings. The van der Waals surface area contributed by atoms with E-state index in [4.69, 9.17) is 18.9 Å². The van der Waals surface area contributed by atoms with E-state index in [2.05, 4.69) is 47.8 Å². The zero-order chi connectivity index (χ0) is 17.8. The number of fused-ring (bicyclic) bond motifs is 4. The molecular formula is C22H19NO4. The molecule has 1 unspecified atom stereocenters. The summed E-state index contributed by atoms with van der Waals surface area (Å²) in [6, 6.07) is 15.3. The fourth-order valence-corrected chi connectivity index (χ4v) is 4.26. The molecule has 0 spiro atoms. The standard InChI is InChI=1S/C22H19NO4/c1-2-14-7-19-21(26-11-24-19)9-16(14)5-13(1)6-18-17-10-22-20(25-12-27-22)8-15(17)3-4-23-18/h1-2,5,7-10,18,23H,3-4,6,11-12H2. The molecule has 0 fully saturated rings. The summed E-state index contributed by atoms with van der Waals surface area (Å²) in [7, 11) is 0. The molecule has 0 saturated heterocycles. The van der Waals surface area contributed by atoms with Crippen LogP contribution in [0, 0.1) is 0 Å². The van der Waals surface area contributed by atoms with Crippen molar-refractivity contribution >= 4 is 10.8 Å². The van der Waals surface area contributed by atoms with Crippen LogP contribution in [0.15, 0.2) is 42.5 Å². The molecule has 0 bridgehead atoms.